The van der Waals surface area contributed by atoms with Crippen LogP contribution in [0.5, 0.6) is 0 Å². The van der Waals surface area contributed by atoms with Crippen LogP contribution in [0.4, 0.5) is 5.69 Å². The topological polar surface area (TPSA) is 59.1 Å². The molecule has 0 atom stereocenters. The van der Waals surface area contributed by atoms with Crippen molar-refractivity contribution < 1.29 is 8.42 Å². The average molecular weight is 331 g/mol. The quantitative estimate of drug-likeness (QED) is 0.914. The molecule has 2 aromatic rings. The summed E-state index contributed by atoms with van der Waals surface area (Å²) >= 11 is 11.6. The molecule has 1 heterocycles. The molecule has 1 aromatic carbocycles. The zero-order valence-electron chi connectivity index (χ0n) is 10.4. The van der Waals surface area contributed by atoms with Crippen molar-refractivity contribution in [2.24, 2.45) is 0 Å². The Bertz CT molecular complexity index is 671. The van der Waals surface area contributed by atoms with Crippen LogP contribution in [0.15, 0.2) is 42.6 Å². The summed E-state index contributed by atoms with van der Waals surface area (Å²) in [4.78, 5) is 4.08. The lowest BCUT2D eigenvalue weighted by atomic mass is 10.3. The van der Waals surface area contributed by atoms with Crippen LogP contribution < -0.4 is 4.72 Å². The highest BCUT2D eigenvalue weighted by atomic mass is 35.5. The number of rotatable bonds is 5. The second kappa shape index (κ2) is 6.43. The Balaban J connectivity index is 2.04. The van der Waals surface area contributed by atoms with Crippen LogP contribution in [0.1, 0.15) is 5.69 Å². The van der Waals surface area contributed by atoms with E-state index >= 15 is 0 Å². The summed E-state index contributed by atoms with van der Waals surface area (Å²) in [7, 11) is -3.47. The Labute approximate surface area is 127 Å². The lowest BCUT2D eigenvalue weighted by molar-refractivity contribution is 0.600. The van der Waals surface area contributed by atoms with E-state index in [9.17, 15) is 8.42 Å². The van der Waals surface area contributed by atoms with Gasteiger partial charge < -0.3 is 0 Å². The Morgan fingerprint density at radius 2 is 1.80 bits per heavy atom. The highest BCUT2D eigenvalue weighted by Crippen LogP contribution is 2.23. The molecule has 0 spiro atoms. The van der Waals surface area contributed by atoms with Gasteiger partial charge in [0.25, 0.3) is 0 Å². The summed E-state index contributed by atoms with van der Waals surface area (Å²) in [5.41, 5.74) is 1.07. The van der Waals surface area contributed by atoms with Gasteiger partial charge in [-0.1, -0.05) is 29.3 Å². The van der Waals surface area contributed by atoms with Crippen molar-refractivity contribution >= 4 is 38.9 Å². The molecule has 0 aliphatic heterocycles. The maximum absolute atomic E-state index is 12.0. The first-order chi connectivity index (χ1) is 9.44. The van der Waals surface area contributed by atoms with Gasteiger partial charge in [-0.2, -0.15) is 0 Å². The van der Waals surface area contributed by atoms with Crippen LogP contribution >= 0.6 is 23.2 Å². The fourth-order valence-corrected chi connectivity index (χ4v) is 3.21. The predicted octanol–water partition coefficient (Wildman–Crippen LogP) is 3.37. The van der Waals surface area contributed by atoms with Gasteiger partial charge in [-0.3, -0.25) is 9.71 Å². The van der Waals surface area contributed by atoms with Gasteiger partial charge in [0.2, 0.25) is 10.0 Å². The molecule has 0 amide bonds. The maximum Gasteiger partial charge on any atom is 0.233 e. The minimum atomic E-state index is -3.47. The van der Waals surface area contributed by atoms with E-state index in [0.717, 1.165) is 5.69 Å². The molecular formula is C13H12Cl2N2O2S. The van der Waals surface area contributed by atoms with E-state index in [1.165, 1.54) is 18.2 Å². The molecule has 4 nitrogen and oxygen atoms in total. The van der Waals surface area contributed by atoms with Crippen molar-refractivity contribution in [2.75, 3.05) is 10.5 Å². The van der Waals surface area contributed by atoms with E-state index in [-0.39, 0.29) is 5.75 Å². The van der Waals surface area contributed by atoms with Crippen molar-refractivity contribution in [1.82, 2.24) is 4.98 Å². The lowest BCUT2D eigenvalue weighted by Crippen LogP contribution is -2.18. The second-order valence-electron chi connectivity index (χ2n) is 4.15. The van der Waals surface area contributed by atoms with Crippen LogP contribution in [0, 0.1) is 0 Å². The molecule has 1 aromatic heterocycles. The van der Waals surface area contributed by atoms with Gasteiger partial charge in [0.1, 0.15) is 0 Å². The van der Waals surface area contributed by atoms with Gasteiger partial charge in [-0.05, 0) is 30.3 Å². The molecule has 0 radical (unpaired) electrons. The number of nitrogens with zero attached hydrogens (tertiary/aromatic N) is 1. The molecule has 0 saturated carbocycles. The number of pyridine rings is 1. The predicted molar refractivity (Wildman–Crippen MR) is 81.8 cm³/mol. The average Bonchev–Trinajstić information content (AvgIpc) is 2.36. The fraction of sp³-hybridized carbons (Fsp3) is 0.154. The van der Waals surface area contributed by atoms with E-state index in [1.54, 1.807) is 18.3 Å². The van der Waals surface area contributed by atoms with Crippen molar-refractivity contribution in [1.29, 1.82) is 0 Å². The number of anilines is 1. The molecule has 0 saturated heterocycles. The zero-order chi connectivity index (χ0) is 14.6. The summed E-state index contributed by atoms with van der Waals surface area (Å²) in [5, 5.41) is 0.750. The molecule has 2 rings (SSSR count). The zero-order valence-corrected chi connectivity index (χ0v) is 12.7. The second-order valence-corrected chi connectivity index (χ2v) is 6.86. The summed E-state index contributed by atoms with van der Waals surface area (Å²) < 4.78 is 26.4. The third-order valence-electron chi connectivity index (χ3n) is 2.49. The van der Waals surface area contributed by atoms with E-state index < -0.39 is 10.0 Å². The van der Waals surface area contributed by atoms with Gasteiger partial charge in [0, 0.05) is 28.4 Å². The fourth-order valence-electron chi connectivity index (χ4n) is 1.63. The van der Waals surface area contributed by atoms with Crippen molar-refractivity contribution in [3.63, 3.8) is 0 Å². The van der Waals surface area contributed by atoms with Crippen molar-refractivity contribution in [3.8, 4) is 0 Å². The highest BCUT2D eigenvalue weighted by molar-refractivity contribution is 7.92. The molecule has 0 fully saturated rings. The number of aromatic nitrogens is 1. The normalized spacial score (nSPS) is 11.3. The third kappa shape index (κ3) is 4.67. The van der Waals surface area contributed by atoms with Crippen LogP contribution in [0.3, 0.4) is 0 Å². The highest BCUT2D eigenvalue weighted by Gasteiger charge is 2.12. The summed E-state index contributed by atoms with van der Waals surface area (Å²) in [6, 6.07) is 9.93. The Hall–Kier alpha value is -1.30. The smallest absolute Gasteiger partial charge is 0.233 e. The third-order valence-corrected chi connectivity index (χ3v) is 4.21. The standard InChI is InChI=1S/C13H12Cl2N2O2S/c14-10-7-11(15)9-13(8-10)17-20(18,19)6-4-12-3-1-2-5-16-12/h1-3,5,7-9,17H,4,6H2. The maximum atomic E-state index is 12.0. The summed E-state index contributed by atoms with van der Waals surface area (Å²) in [6.45, 7) is 0. The molecule has 0 unspecified atom stereocenters. The van der Waals surface area contributed by atoms with E-state index in [2.05, 4.69) is 9.71 Å². The molecular weight excluding hydrogens is 319 g/mol. The van der Waals surface area contributed by atoms with Gasteiger partial charge >= 0.3 is 0 Å². The van der Waals surface area contributed by atoms with Gasteiger partial charge in [0.15, 0.2) is 0 Å². The number of benzene rings is 1. The largest absolute Gasteiger partial charge is 0.283 e. The van der Waals surface area contributed by atoms with E-state index in [0.29, 0.717) is 22.2 Å². The minimum Gasteiger partial charge on any atom is -0.283 e. The Kier molecular flexibility index (Phi) is 4.86. The first-order valence-corrected chi connectivity index (χ1v) is 8.22. The Morgan fingerprint density at radius 1 is 1.10 bits per heavy atom. The molecule has 0 aliphatic carbocycles. The first-order valence-electron chi connectivity index (χ1n) is 5.81. The Morgan fingerprint density at radius 3 is 2.40 bits per heavy atom. The number of aryl methyl sites for hydroxylation is 1. The van der Waals surface area contributed by atoms with Gasteiger partial charge in [0.05, 0.1) is 11.4 Å². The van der Waals surface area contributed by atoms with Crippen LogP contribution in [0.2, 0.25) is 10.0 Å². The first kappa shape index (κ1) is 15.1. The van der Waals surface area contributed by atoms with E-state index in [1.807, 2.05) is 6.07 Å². The van der Waals surface area contributed by atoms with Crippen LogP contribution in [0.25, 0.3) is 0 Å². The number of hydrogen-bond acceptors (Lipinski definition) is 3. The molecule has 20 heavy (non-hydrogen) atoms. The minimum absolute atomic E-state index is 0.0614. The SMILES string of the molecule is O=S(=O)(CCc1ccccn1)Nc1cc(Cl)cc(Cl)c1. The molecule has 7 heteroatoms. The van der Waals surface area contributed by atoms with Gasteiger partial charge in [-0.25, -0.2) is 8.42 Å². The van der Waals surface area contributed by atoms with Crippen LogP contribution in [-0.4, -0.2) is 19.2 Å². The molecule has 106 valence electrons. The molecule has 0 bridgehead atoms. The van der Waals surface area contributed by atoms with Crippen molar-refractivity contribution in [2.45, 2.75) is 6.42 Å². The van der Waals surface area contributed by atoms with E-state index in [4.69, 9.17) is 23.2 Å². The number of hydrogen-bond donors (Lipinski definition) is 1. The number of sulfonamides is 1. The van der Waals surface area contributed by atoms with Crippen LogP contribution in [-0.2, 0) is 16.4 Å². The van der Waals surface area contributed by atoms with Crippen molar-refractivity contribution in [3.05, 3.63) is 58.3 Å². The van der Waals surface area contributed by atoms with Gasteiger partial charge in [-0.15, -0.1) is 0 Å². The monoisotopic (exact) mass is 330 g/mol. The summed E-state index contributed by atoms with van der Waals surface area (Å²) in [6.07, 6.45) is 1.97. The number of halogens is 2. The lowest BCUT2D eigenvalue weighted by Gasteiger charge is -2.08. The molecule has 0 aliphatic rings. The summed E-state index contributed by atoms with van der Waals surface area (Å²) in [5.74, 6) is -0.0614. The molecule has 1 N–H and O–H groups in total. The number of nitrogens with one attached hydrogen (secondary N) is 1.